The molecular weight excluding hydrogens is 680 g/mol. The average molecular weight is 738 g/mol. The van der Waals surface area contributed by atoms with Gasteiger partial charge in [0.25, 0.3) is 0 Å². The topological polar surface area (TPSA) is 0 Å². The Bertz CT molecular complexity index is 2120. The van der Waals surface area contributed by atoms with Crippen LogP contribution in [0.4, 0.5) is 0 Å². The van der Waals surface area contributed by atoms with Crippen molar-refractivity contribution < 1.29 is 18.3 Å². The quantitative estimate of drug-likeness (QED) is 0.250. The summed E-state index contributed by atoms with van der Waals surface area (Å²) >= 11 is -5.13. The van der Waals surface area contributed by atoms with E-state index < -0.39 is 18.3 Å². The Morgan fingerprint density at radius 1 is 0.700 bits per heavy atom. The second-order valence-electron chi connectivity index (χ2n) is 18.8. The summed E-state index contributed by atoms with van der Waals surface area (Å²) in [5.74, 6) is 0.441. The summed E-state index contributed by atoms with van der Waals surface area (Å²) in [7, 11) is 0. The van der Waals surface area contributed by atoms with Crippen LogP contribution in [-0.2, 0) is 24.7 Å². The van der Waals surface area contributed by atoms with Crippen molar-refractivity contribution in [2.45, 2.75) is 98.0 Å². The SMILES string of the molecule is [CH2]=[Zr]([C]1=CC=CC1)([c]1ccc(C)cc1)([c]1ccc(C)cc1)[C]1(C)C2=C3Cc4ccccc4C3=C3C=CCCC3C2(C)C(C)(C)C(C)(C)C1(C)C. The summed E-state index contributed by atoms with van der Waals surface area (Å²) in [4.78, 5) is 0. The normalized spacial score (nSPS) is 28.9. The zero-order chi connectivity index (χ0) is 35.7. The molecular formula is C49H58Zr. The fraction of sp³-hybridized carbons (Fsp3) is 0.408. The average Bonchev–Trinajstić information content (AvgIpc) is 3.77. The first kappa shape index (κ1) is 34.2. The van der Waals surface area contributed by atoms with Crippen LogP contribution in [0.2, 0.25) is 3.12 Å². The van der Waals surface area contributed by atoms with Gasteiger partial charge in [-0.15, -0.1) is 0 Å². The molecule has 0 saturated heterocycles. The van der Waals surface area contributed by atoms with E-state index in [1.165, 1.54) is 35.2 Å². The van der Waals surface area contributed by atoms with Crippen LogP contribution >= 0.6 is 0 Å². The molecule has 5 aliphatic rings. The summed E-state index contributed by atoms with van der Waals surface area (Å²) in [6.45, 7) is 25.9. The van der Waals surface area contributed by atoms with Crippen LogP contribution in [0.3, 0.4) is 0 Å². The first-order valence-corrected chi connectivity index (χ1v) is 25.9. The van der Waals surface area contributed by atoms with Crippen molar-refractivity contribution in [2.24, 2.45) is 27.6 Å². The fourth-order valence-corrected chi connectivity index (χ4v) is 33.6. The van der Waals surface area contributed by atoms with Crippen molar-refractivity contribution >= 4 is 16.3 Å². The zero-order valence-corrected chi connectivity index (χ0v) is 34.9. The molecule has 5 aliphatic carbocycles. The van der Waals surface area contributed by atoms with E-state index in [-0.39, 0.29) is 24.8 Å². The van der Waals surface area contributed by atoms with E-state index in [0.717, 1.165) is 19.3 Å². The summed E-state index contributed by atoms with van der Waals surface area (Å²) in [5, 5.41) is 0. The van der Waals surface area contributed by atoms with Crippen molar-refractivity contribution in [1.29, 1.82) is 0 Å². The van der Waals surface area contributed by atoms with Gasteiger partial charge in [0.2, 0.25) is 0 Å². The van der Waals surface area contributed by atoms with Gasteiger partial charge >= 0.3 is 306 Å². The van der Waals surface area contributed by atoms with E-state index in [2.05, 4.69) is 172 Å². The minimum atomic E-state index is -5.13. The molecule has 1 saturated carbocycles. The standard InChI is InChI=1S/C29H37.2C7H7.C5H5.CH2.Zr/c1-18-25-22-17-19-13-9-10-14-20(19)24(22)21-15-11-12-16-23(21)29(25,8)28(6,7)27(4,5)26(18,2)3;2*1-7-5-3-2-4-6-7;1-2-4-5-3-1;;/h9-11,13-15,23H,12,16-17H2,1-8H3;2*3-6H,1H3;1-3H,4H2;1H2;. The van der Waals surface area contributed by atoms with Crippen LogP contribution in [0.5, 0.6) is 0 Å². The molecule has 50 heavy (non-hydrogen) atoms. The summed E-state index contributed by atoms with van der Waals surface area (Å²) in [5.41, 5.74) is 11.8. The molecule has 3 atom stereocenters. The van der Waals surface area contributed by atoms with Crippen LogP contribution in [0.25, 0.3) is 5.57 Å². The van der Waals surface area contributed by atoms with Gasteiger partial charge in [-0.3, -0.25) is 0 Å². The molecule has 3 unspecified atom stereocenters. The first-order valence-electron chi connectivity index (χ1n) is 19.3. The van der Waals surface area contributed by atoms with Gasteiger partial charge in [0.15, 0.2) is 0 Å². The van der Waals surface area contributed by atoms with Gasteiger partial charge in [-0.25, -0.2) is 0 Å². The van der Waals surface area contributed by atoms with E-state index in [0.29, 0.717) is 5.92 Å². The molecule has 0 nitrogen and oxygen atoms in total. The molecule has 0 amide bonds. The number of allylic oxidation sites excluding steroid dienone is 10. The number of rotatable bonds is 4. The first-order chi connectivity index (χ1) is 23.5. The van der Waals surface area contributed by atoms with Gasteiger partial charge in [-0.05, 0) is 0 Å². The molecule has 0 radical (unpaired) electrons. The third-order valence-electron chi connectivity index (χ3n) is 17.2. The van der Waals surface area contributed by atoms with E-state index in [4.69, 9.17) is 4.21 Å². The van der Waals surface area contributed by atoms with Gasteiger partial charge < -0.3 is 0 Å². The van der Waals surface area contributed by atoms with Crippen LogP contribution in [0.1, 0.15) is 96.9 Å². The molecule has 8 rings (SSSR count). The summed E-state index contributed by atoms with van der Waals surface area (Å²) < 4.78 is 10.5. The maximum absolute atomic E-state index is 6.11. The van der Waals surface area contributed by atoms with Crippen LogP contribution in [0, 0.1) is 41.4 Å². The second-order valence-corrected chi connectivity index (χ2v) is 32.8. The van der Waals surface area contributed by atoms with Crippen LogP contribution in [0.15, 0.2) is 123 Å². The number of aryl methyl sites for hydroxylation is 2. The van der Waals surface area contributed by atoms with Gasteiger partial charge in [-0.2, -0.15) is 0 Å². The Kier molecular flexibility index (Phi) is 7.25. The second kappa shape index (κ2) is 10.6. The van der Waals surface area contributed by atoms with Crippen molar-refractivity contribution in [3.63, 3.8) is 0 Å². The van der Waals surface area contributed by atoms with Crippen LogP contribution in [-0.4, -0.2) is 4.21 Å². The predicted molar refractivity (Wildman–Crippen MR) is 214 cm³/mol. The molecule has 0 aromatic heterocycles. The molecule has 0 spiro atoms. The van der Waals surface area contributed by atoms with E-state index in [1.54, 1.807) is 25.6 Å². The number of benzene rings is 3. The Labute approximate surface area is 303 Å². The molecule has 3 aromatic rings. The Morgan fingerprint density at radius 3 is 1.88 bits per heavy atom. The van der Waals surface area contributed by atoms with Crippen molar-refractivity contribution in [3.05, 3.63) is 145 Å². The Morgan fingerprint density at radius 2 is 1.30 bits per heavy atom. The number of hydrogen-bond donors (Lipinski definition) is 0. The summed E-state index contributed by atoms with van der Waals surface area (Å²) in [6, 6.07) is 29.0. The van der Waals surface area contributed by atoms with Gasteiger partial charge in [0.1, 0.15) is 0 Å². The van der Waals surface area contributed by atoms with Crippen LogP contribution < -0.4 is 6.54 Å². The molecule has 0 heterocycles. The molecule has 1 fully saturated rings. The molecule has 0 aliphatic heterocycles. The maximum atomic E-state index is 6.11. The van der Waals surface area contributed by atoms with Crippen molar-refractivity contribution in [3.8, 4) is 0 Å². The zero-order valence-electron chi connectivity index (χ0n) is 32.4. The van der Waals surface area contributed by atoms with E-state index in [1.807, 2.05) is 0 Å². The molecule has 1 heteroatoms. The number of fused-ring (bicyclic) bond motifs is 6. The van der Waals surface area contributed by atoms with Gasteiger partial charge in [0.05, 0.1) is 0 Å². The van der Waals surface area contributed by atoms with Gasteiger partial charge in [0, 0.05) is 0 Å². The number of hydrogen-bond acceptors (Lipinski definition) is 0. The summed E-state index contributed by atoms with van der Waals surface area (Å²) in [6.07, 6.45) is 16.6. The molecule has 258 valence electrons. The molecule has 0 N–H and O–H groups in total. The Hall–Kier alpha value is -2.89. The Balaban J connectivity index is 1.67. The van der Waals surface area contributed by atoms with E-state index in [9.17, 15) is 0 Å². The third kappa shape index (κ3) is 3.60. The monoisotopic (exact) mass is 736 g/mol. The predicted octanol–water partition coefficient (Wildman–Crippen LogP) is 11.8. The third-order valence-corrected chi connectivity index (χ3v) is 37.1. The molecule has 3 aromatic carbocycles. The van der Waals surface area contributed by atoms with Crippen molar-refractivity contribution in [2.75, 3.05) is 0 Å². The minimum absolute atomic E-state index is 0.0104. The fourth-order valence-electron chi connectivity index (χ4n) is 13.0. The van der Waals surface area contributed by atoms with Gasteiger partial charge in [-0.1, -0.05) is 0 Å². The van der Waals surface area contributed by atoms with Crippen molar-refractivity contribution in [1.82, 2.24) is 0 Å². The molecule has 0 bridgehead atoms. The van der Waals surface area contributed by atoms with E-state index >= 15 is 0 Å².